The monoisotopic (exact) mass is 282 g/mol. The number of nitrogens with two attached hydrogens (primary N) is 1. The molecule has 2 aromatic rings. The molecule has 0 aromatic heterocycles. The van der Waals surface area contributed by atoms with Crippen molar-refractivity contribution in [1.82, 2.24) is 5.32 Å². The van der Waals surface area contributed by atoms with Crippen LogP contribution in [0.15, 0.2) is 48.5 Å². The third-order valence-corrected chi connectivity index (χ3v) is 3.51. The van der Waals surface area contributed by atoms with Crippen molar-refractivity contribution in [2.45, 2.75) is 32.7 Å². The molecule has 3 N–H and O–H groups in total. The van der Waals surface area contributed by atoms with E-state index in [0.29, 0.717) is 12.1 Å². The number of carbonyl (C=O) groups is 1. The minimum Gasteiger partial charge on any atom is -0.399 e. The SMILES string of the molecule is Cc1cccc(CCC(=O)NC(C)c2cccc(N)c2)c1. The van der Waals surface area contributed by atoms with E-state index in [9.17, 15) is 4.79 Å². The van der Waals surface area contributed by atoms with Gasteiger partial charge in [0.25, 0.3) is 0 Å². The van der Waals surface area contributed by atoms with Gasteiger partial charge < -0.3 is 11.1 Å². The summed E-state index contributed by atoms with van der Waals surface area (Å²) in [6.45, 7) is 4.03. The molecule has 0 aliphatic heterocycles. The van der Waals surface area contributed by atoms with Crippen LogP contribution < -0.4 is 11.1 Å². The molecule has 21 heavy (non-hydrogen) atoms. The van der Waals surface area contributed by atoms with Gasteiger partial charge in [0.15, 0.2) is 0 Å². The molecule has 2 rings (SSSR count). The van der Waals surface area contributed by atoms with Crippen molar-refractivity contribution in [3.8, 4) is 0 Å². The molecule has 0 saturated heterocycles. The van der Waals surface area contributed by atoms with Crippen molar-refractivity contribution >= 4 is 11.6 Å². The highest BCUT2D eigenvalue weighted by Crippen LogP contribution is 2.15. The summed E-state index contributed by atoms with van der Waals surface area (Å²) >= 11 is 0. The van der Waals surface area contributed by atoms with Crippen molar-refractivity contribution in [1.29, 1.82) is 0 Å². The van der Waals surface area contributed by atoms with Gasteiger partial charge in [0.1, 0.15) is 0 Å². The van der Waals surface area contributed by atoms with E-state index in [-0.39, 0.29) is 11.9 Å². The first-order chi connectivity index (χ1) is 10.0. The van der Waals surface area contributed by atoms with Crippen molar-refractivity contribution in [2.75, 3.05) is 5.73 Å². The summed E-state index contributed by atoms with van der Waals surface area (Å²) < 4.78 is 0. The van der Waals surface area contributed by atoms with Crippen LogP contribution in [0, 0.1) is 6.92 Å². The molecule has 1 unspecified atom stereocenters. The van der Waals surface area contributed by atoms with Gasteiger partial charge >= 0.3 is 0 Å². The lowest BCUT2D eigenvalue weighted by Gasteiger charge is -2.15. The predicted molar refractivity (Wildman–Crippen MR) is 86.9 cm³/mol. The summed E-state index contributed by atoms with van der Waals surface area (Å²) in [5.74, 6) is 0.0615. The molecule has 1 amide bonds. The molecule has 3 heteroatoms. The van der Waals surface area contributed by atoms with E-state index in [2.05, 4.69) is 30.4 Å². The lowest BCUT2D eigenvalue weighted by molar-refractivity contribution is -0.121. The number of hydrogen-bond acceptors (Lipinski definition) is 2. The summed E-state index contributed by atoms with van der Waals surface area (Å²) in [4.78, 5) is 12.0. The van der Waals surface area contributed by atoms with E-state index in [1.807, 2.05) is 37.3 Å². The zero-order valence-corrected chi connectivity index (χ0v) is 12.6. The highest BCUT2D eigenvalue weighted by Gasteiger charge is 2.09. The maximum atomic E-state index is 12.0. The number of amides is 1. The predicted octanol–water partition coefficient (Wildman–Crippen LogP) is 3.39. The fraction of sp³-hybridized carbons (Fsp3) is 0.278. The molecule has 0 spiro atoms. The van der Waals surface area contributed by atoms with Crippen LogP contribution >= 0.6 is 0 Å². The third-order valence-electron chi connectivity index (χ3n) is 3.51. The van der Waals surface area contributed by atoms with Crippen molar-refractivity contribution in [3.63, 3.8) is 0 Å². The Morgan fingerprint density at radius 1 is 1.19 bits per heavy atom. The summed E-state index contributed by atoms with van der Waals surface area (Å²) in [6.07, 6.45) is 1.26. The Kier molecular flexibility index (Phi) is 4.99. The number of anilines is 1. The molecule has 0 heterocycles. The molecule has 0 saturated carbocycles. The molecule has 3 nitrogen and oxygen atoms in total. The van der Waals surface area contributed by atoms with Crippen LogP contribution in [0.25, 0.3) is 0 Å². The maximum absolute atomic E-state index is 12.0. The molecule has 2 aromatic carbocycles. The Bertz CT molecular complexity index is 622. The van der Waals surface area contributed by atoms with Gasteiger partial charge in [-0.05, 0) is 43.5 Å². The van der Waals surface area contributed by atoms with E-state index >= 15 is 0 Å². The number of hydrogen-bond donors (Lipinski definition) is 2. The van der Waals surface area contributed by atoms with Crippen molar-refractivity contribution < 1.29 is 4.79 Å². The molecular formula is C18H22N2O. The molecule has 110 valence electrons. The lowest BCUT2D eigenvalue weighted by Crippen LogP contribution is -2.26. The minimum absolute atomic E-state index is 0.0292. The van der Waals surface area contributed by atoms with Gasteiger partial charge in [-0.1, -0.05) is 42.0 Å². The van der Waals surface area contributed by atoms with E-state index in [4.69, 9.17) is 5.73 Å². The minimum atomic E-state index is -0.0292. The van der Waals surface area contributed by atoms with Crippen LogP contribution in [0.1, 0.15) is 36.1 Å². The second kappa shape index (κ2) is 6.93. The largest absolute Gasteiger partial charge is 0.399 e. The van der Waals surface area contributed by atoms with Gasteiger partial charge in [-0.25, -0.2) is 0 Å². The molecule has 0 radical (unpaired) electrons. The van der Waals surface area contributed by atoms with Crippen LogP contribution in [0.5, 0.6) is 0 Å². The second-order valence-electron chi connectivity index (χ2n) is 5.45. The fourth-order valence-corrected chi connectivity index (χ4v) is 2.35. The van der Waals surface area contributed by atoms with Gasteiger partial charge in [0, 0.05) is 12.1 Å². The van der Waals surface area contributed by atoms with Gasteiger partial charge in [-0.15, -0.1) is 0 Å². The third kappa shape index (κ3) is 4.63. The van der Waals surface area contributed by atoms with E-state index < -0.39 is 0 Å². The first-order valence-electron chi connectivity index (χ1n) is 7.25. The summed E-state index contributed by atoms with van der Waals surface area (Å²) in [5.41, 5.74) is 9.93. The highest BCUT2D eigenvalue weighted by atomic mass is 16.1. The van der Waals surface area contributed by atoms with Crippen LogP contribution in [0.4, 0.5) is 5.69 Å². The number of nitrogens with one attached hydrogen (secondary N) is 1. The average Bonchev–Trinajstić information content (AvgIpc) is 2.45. The van der Waals surface area contributed by atoms with E-state index in [1.165, 1.54) is 11.1 Å². The normalized spacial score (nSPS) is 11.9. The quantitative estimate of drug-likeness (QED) is 0.826. The number of carbonyl (C=O) groups excluding carboxylic acids is 1. The first kappa shape index (κ1) is 15.1. The molecule has 0 bridgehead atoms. The lowest BCUT2D eigenvalue weighted by atomic mass is 10.1. The summed E-state index contributed by atoms with van der Waals surface area (Å²) in [5, 5.41) is 3.01. The Morgan fingerprint density at radius 2 is 1.95 bits per heavy atom. The molecule has 0 aliphatic rings. The van der Waals surface area contributed by atoms with Crippen LogP contribution in [-0.4, -0.2) is 5.91 Å². The standard InChI is InChI=1S/C18H22N2O/c1-13-5-3-6-15(11-13)9-10-18(21)20-14(2)16-7-4-8-17(19)12-16/h3-8,11-12,14H,9-10,19H2,1-2H3,(H,20,21). The van der Waals surface area contributed by atoms with Gasteiger partial charge in [0.05, 0.1) is 6.04 Å². The number of aryl methyl sites for hydroxylation is 2. The van der Waals surface area contributed by atoms with Crippen LogP contribution in [-0.2, 0) is 11.2 Å². The highest BCUT2D eigenvalue weighted by molar-refractivity contribution is 5.76. The number of nitrogen functional groups attached to an aromatic ring is 1. The smallest absolute Gasteiger partial charge is 0.220 e. The molecule has 0 aliphatic carbocycles. The Labute approximate surface area is 126 Å². The van der Waals surface area contributed by atoms with Gasteiger partial charge in [-0.2, -0.15) is 0 Å². The second-order valence-corrected chi connectivity index (χ2v) is 5.45. The Balaban J connectivity index is 1.87. The maximum Gasteiger partial charge on any atom is 0.220 e. The van der Waals surface area contributed by atoms with Crippen molar-refractivity contribution in [2.24, 2.45) is 0 Å². The molecule has 1 atom stereocenters. The topological polar surface area (TPSA) is 55.1 Å². The molecule has 0 fully saturated rings. The van der Waals surface area contributed by atoms with Crippen LogP contribution in [0.2, 0.25) is 0 Å². The van der Waals surface area contributed by atoms with Crippen LogP contribution in [0.3, 0.4) is 0 Å². The zero-order chi connectivity index (χ0) is 15.2. The fourth-order valence-electron chi connectivity index (χ4n) is 2.35. The van der Waals surface area contributed by atoms with Gasteiger partial charge in [0.2, 0.25) is 5.91 Å². The number of benzene rings is 2. The van der Waals surface area contributed by atoms with Gasteiger partial charge in [-0.3, -0.25) is 4.79 Å². The number of rotatable bonds is 5. The Morgan fingerprint density at radius 3 is 2.67 bits per heavy atom. The van der Waals surface area contributed by atoms with Crippen molar-refractivity contribution in [3.05, 3.63) is 65.2 Å². The van der Waals surface area contributed by atoms with E-state index in [1.54, 1.807) is 0 Å². The van der Waals surface area contributed by atoms with E-state index in [0.717, 1.165) is 12.0 Å². The summed E-state index contributed by atoms with van der Waals surface area (Å²) in [6, 6.07) is 15.8. The average molecular weight is 282 g/mol. The summed E-state index contributed by atoms with van der Waals surface area (Å²) in [7, 11) is 0. The zero-order valence-electron chi connectivity index (χ0n) is 12.6. The molecular weight excluding hydrogens is 260 g/mol. The Hall–Kier alpha value is -2.29. The first-order valence-corrected chi connectivity index (χ1v) is 7.25.